The van der Waals surface area contributed by atoms with Crippen LogP contribution < -0.4 is 4.74 Å². The van der Waals surface area contributed by atoms with Crippen LogP contribution in [0.15, 0.2) is 35.0 Å². The van der Waals surface area contributed by atoms with E-state index in [9.17, 15) is 9.50 Å². The molecule has 0 aliphatic heterocycles. The number of benzene rings is 1. The lowest BCUT2D eigenvalue weighted by Gasteiger charge is -2.13. The molecular weight excluding hydrogens is 239 g/mol. The third-order valence-electron chi connectivity index (χ3n) is 2.40. The minimum Gasteiger partial charge on any atom is -0.488 e. The summed E-state index contributed by atoms with van der Waals surface area (Å²) in [4.78, 5) is 0. The lowest BCUT2D eigenvalue weighted by atomic mass is 10.1. The molecule has 0 saturated heterocycles. The van der Waals surface area contributed by atoms with Crippen LogP contribution in [0, 0.1) is 5.82 Å². The van der Waals surface area contributed by atoms with Crippen molar-refractivity contribution in [1.29, 1.82) is 0 Å². The van der Waals surface area contributed by atoms with Crippen molar-refractivity contribution in [2.24, 2.45) is 0 Å². The van der Waals surface area contributed by atoms with Crippen LogP contribution in [-0.2, 0) is 6.61 Å². The fourth-order valence-corrected chi connectivity index (χ4v) is 2.17. The Morgan fingerprint density at radius 2 is 2.24 bits per heavy atom. The Hall–Kier alpha value is -1.39. The minimum absolute atomic E-state index is 0.371. The zero-order valence-corrected chi connectivity index (χ0v) is 10.2. The quantitative estimate of drug-likeness (QED) is 0.902. The Kier molecular flexibility index (Phi) is 3.76. The van der Waals surface area contributed by atoms with E-state index in [1.807, 2.05) is 16.8 Å². The van der Waals surface area contributed by atoms with E-state index in [1.165, 1.54) is 12.1 Å². The molecule has 1 N–H and O–H groups in total. The molecule has 4 heteroatoms. The Labute approximate surface area is 103 Å². The van der Waals surface area contributed by atoms with Crippen LogP contribution in [0.5, 0.6) is 5.75 Å². The molecule has 0 amide bonds. The largest absolute Gasteiger partial charge is 0.488 e. The normalized spacial score (nSPS) is 12.4. The molecular formula is C13H13FO2S. The van der Waals surface area contributed by atoms with Crippen LogP contribution in [0.25, 0.3) is 0 Å². The van der Waals surface area contributed by atoms with Crippen molar-refractivity contribution >= 4 is 11.3 Å². The van der Waals surface area contributed by atoms with Crippen molar-refractivity contribution in [1.82, 2.24) is 0 Å². The van der Waals surface area contributed by atoms with E-state index >= 15 is 0 Å². The molecule has 1 atom stereocenters. The van der Waals surface area contributed by atoms with Crippen molar-refractivity contribution in [3.05, 3.63) is 52.0 Å². The monoisotopic (exact) mass is 252 g/mol. The molecule has 1 aromatic carbocycles. The van der Waals surface area contributed by atoms with Gasteiger partial charge in [-0.25, -0.2) is 4.39 Å². The highest BCUT2D eigenvalue weighted by molar-refractivity contribution is 7.07. The predicted molar refractivity (Wildman–Crippen MR) is 65.7 cm³/mol. The predicted octanol–water partition coefficient (Wildman–Crippen LogP) is 3.52. The second kappa shape index (κ2) is 5.29. The van der Waals surface area contributed by atoms with E-state index in [2.05, 4.69) is 0 Å². The first-order valence-corrected chi connectivity index (χ1v) is 6.22. The van der Waals surface area contributed by atoms with E-state index in [4.69, 9.17) is 4.74 Å². The van der Waals surface area contributed by atoms with Gasteiger partial charge in [-0.1, -0.05) is 0 Å². The number of halogens is 1. The molecule has 17 heavy (non-hydrogen) atoms. The highest BCUT2D eigenvalue weighted by atomic mass is 32.1. The van der Waals surface area contributed by atoms with Gasteiger partial charge in [-0.15, -0.1) is 0 Å². The van der Waals surface area contributed by atoms with Crippen molar-refractivity contribution in [2.75, 3.05) is 0 Å². The van der Waals surface area contributed by atoms with Crippen molar-refractivity contribution in [3.63, 3.8) is 0 Å². The lowest BCUT2D eigenvalue weighted by Crippen LogP contribution is -2.01. The van der Waals surface area contributed by atoms with Gasteiger partial charge in [0.1, 0.15) is 18.2 Å². The number of ether oxygens (including phenoxy) is 1. The molecule has 0 saturated carbocycles. The number of thiophene rings is 1. The van der Waals surface area contributed by atoms with Gasteiger partial charge in [0.15, 0.2) is 0 Å². The van der Waals surface area contributed by atoms with E-state index in [1.54, 1.807) is 24.3 Å². The highest BCUT2D eigenvalue weighted by Crippen LogP contribution is 2.26. The molecule has 2 aromatic rings. The summed E-state index contributed by atoms with van der Waals surface area (Å²) in [5.41, 5.74) is 1.54. The molecule has 0 radical (unpaired) electrons. The average Bonchev–Trinajstić information content (AvgIpc) is 2.80. The second-order valence-electron chi connectivity index (χ2n) is 3.78. The van der Waals surface area contributed by atoms with E-state index in [0.717, 1.165) is 5.56 Å². The van der Waals surface area contributed by atoms with Crippen LogP contribution in [0.1, 0.15) is 24.2 Å². The van der Waals surface area contributed by atoms with Crippen molar-refractivity contribution in [3.8, 4) is 5.75 Å². The van der Waals surface area contributed by atoms with Crippen LogP contribution in [0.4, 0.5) is 4.39 Å². The summed E-state index contributed by atoms with van der Waals surface area (Å²) in [6.07, 6.45) is -0.747. The molecule has 0 fully saturated rings. The van der Waals surface area contributed by atoms with Crippen LogP contribution in [0.3, 0.4) is 0 Å². The Balaban J connectivity index is 2.14. The Morgan fingerprint density at radius 3 is 2.88 bits per heavy atom. The second-order valence-corrected chi connectivity index (χ2v) is 4.56. The van der Waals surface area contributed by atoms with Gasteiger partial charge in [0.25, 0.3) is 0 Å². The molecule has 0 aliphatic rings. The molecule has 0 unspecified atom stereocenters. The molecule has 1 heterocycles. The lowest BCUT2D eigenvalue weighted by molar-refractivity contribution is 0.189. The number of hydrogen-bond acceptors (Lipinski definition) is 3. The first-order chi connectivity index (χ1) is 8.16. The van der Waals surface area contributed by atoms with E-state index in [-0.39, 0.29) is 5.82 Å². The molecule has 90 valence electrons. The summed E-state index contributed by atoms with van der Waals surface area (Å²) in [5.74, 6) is 0.149. The zero-order chi connectivity index (χ0) is 12.3. The van der Waals surface area contributed by atoms with Gasteiger partial charge in [-0.2, -0.15) is 11.3 Å². The summed E-state index contributed by atoms with van der Waals surface area (Å²) in [6.45, 7) is 2.01. The molecule has 2 nitrogen and oxygen atoms in total. The summed E-state index contributed by atoms with van der Waals surface area (Å²) < 4.78 is 18.6. The smallest absolute Gasteiger partial charge is 0.125 e. The fourth-order valence-electron chi connectivity index (χ4n) is 1.51. The minimum atomic E-state index is -0.747. The third-order valence-corrected chi connectivity index (χ3v) is 3.13. The van der Waals surface area contributed by atoms with Crippen LogP contribution >= 0.6 is 11.3 Å². The number of rotatable bonds is 4. The molecule has 0 bridgehead atoms. The summed E-state index contributed by atoms with van der Waals surface area (Å²) >= 11 is 1.60. The summed E-state index contributed by atoms with van der Waals surface area (Å²) in [6, 6.07) is 6.14. The van der Waals surface area contributed by atoms with Crippen LogP contribution in [-0.4, -0.2) is 5.11 Å². The van der Waals surface area contributed by atoms with Gasteiger partial charge in [0, 0.05) is 5.56 Å². The maximum atomic E-state index is 13.1. The third kappa shape index (κ3) is 3.05. The number of aliphatic hydroxyl groups excluding tert-OH is 1. The van der Waals surface area contributed by atoms with Gasteiger partial charge in [-0.05, 0) is 47.5 Å². The number of hydrogen-bond donors (Lipinski definition) is 1. The van der Waals surface area contributed by atoms with Crippen LogP contribution in [0.2, 0.25) is 0 Å². The van der Waals surface area contributed by atoms with Gasteiger partial charge in [-0.3, -0.25) is 0 Å². The maximum absolute atomic E-state index is 13.1. The molecule has 0 aliphatic carbocycles. The van der Waals surface area contributed by atoms with E-state index < -0.39 is 6.10 Å². The SMILES string of the molecule is C[C@H](O)c1cc(F)ccc1OCc1ccsc1. The fraction of sp³-hybridized carbons (Fsp3) is 0.231. The highest BCUT2D eigenvalue weighted by Gasteiger charge is 2.10. The maximum Gasteiger partial charge on any atom is 0.125 e. The first-order valence-electron chi connectivity index (χ1n) is 5.28. The van der Waals surface area contributed by atoms with Crippen molar-refractivity contribution in [2.45, 2.75) is 19.6 Å². The summed E-state index contributed by atoms with van der Waals surface area (Å²) in [7, 11) is 0. The first kappa shape index (κ1) is 12.1. The summed E-state index contributed by atoms with van der Waals surface area (Å²) in [5, 5.41) is 13.5. The Morgan fingerprint density at radius 1 is 1.41 bits per heavy atom. The van der Waals surface area contributed by atoms with Gasteiger partial charge in [0.2, 0.25) is 0 Å². The Bertz CT molecular complexity index is 480. The van der Waals surface area contributed by atoms with Gasteiger partial charge >= 0.3 is 0 Å². The zero-order valence-electron chi connectivity index (χ0n) is 9.39. The molecule has 2 rings (SSSR count). The van der Waals surface area contributed by atoms with Gasteiger partial charge < -0.3 is 9.84 Å². The molecule has 1 aromatic heterocycles. The topological polar surface area (TPSA) is 29.5 Å². The number of aliphatic hydroxyl groups is 1. The van der Waals surface area contributed by atoms with E-state index in [0.29, 0.717) is 17.9 Å². The average molecular weight is 252 g/mol. The standard InChI is InChI=1S/C13H13FO2S/c1-9(15)12-6-11(14)2-3-13(12)16-7-10-4-5-17-8-10/h2-6,8-9,15H,7H2,1H3/t9-/m0/s1. The van der Waals surface area contributed by atoms with Crippen molar-refractivity contribution < 1.29 is 14.2 Å². The molecule has 0 spiro atoms. The van der Waals surface area contributed by atoms with Gasteiger partial charge in [0.05, 0.1) is 6.10 Å².